The number of aryl methyl sites for hydroxylation is 1. The van der Waals surface area contributed by atoms with Crippen LogP contribution in [0.3, 0.4) is 0 Å². The number of rotatable bonds is 4. The van der Waals surface area contributed by atoms with E-state index in [9.17, 15) is 4.79 Å². The predicted molar refractivity (Wildman–Crippen MR) is 102 cm³/mol. The molecular formula is C21H26N2OS. The maximum absolute atomic E-state index is 12.6. The zero-order valence-electron chi connectivity index (χ0n) is 14.9. The number of likely N-dealkylation sites (tertiary alicyclic amines) is 1. The van der Waals surface area contributed by atoms with Crippen LogP contribution in [-0.4, -0.2) is 28.9 Å². The third-order valence-corrected chi connectivity index (χ3v) is 6.87. The van der Waals surface area contributed by atoms with Crippen LogP contribution in [0.1, 0.15) is 54.8 Å². The van der Waals surface area contributed by atoms with Crippen LogP contribution in [0.15, 0.2) is 35.7 Å². The van der Waals surface area contributed by atoms with Crippen molar-refractivity contribution in [3.63, 3.8) is 0 Å². The van der Waals surface area contributed by atoms with Gasteiger partial charge in [-0.3, -0.25) is 4.79 Å². The molecule has 2 fully saturated rings. The number of hydrogen-bond donors (Lipinski definition) is 0. The fourth-order valence-corrected chi connectivity index (χ4v) is 4.96. The van der Waals surface area contributed by atoms with Crippen LogP contribution in [-0.2, 0) is 10.2 Å². The molecule has 1 aromatic heterocycles. The van der Waals surface area contributed by atoms with Crippen LogP contribution in [0.25, 0.3) is 0 Å². The minimum atomic E-state index is -0.0424. The van der Waals surface area contributed by atoms with E-state index < -0.39 is 0 Å². The van der Waals surface area contributed by atoms with Gasteiger partial charge in [0, 0.05) is 30.3 Å². The number of carbonyl (C=O) groups excluding carboxylic acids is 1. The van der Waals surface area contributed by atoms with Crippen LogP contribution in [0.2, 0.25) is 0 Å². The number of nitrogens with zero attached hydrogens (tertiary/aromatic N) is 2. The molecule has 1 aromatic carbocycles. The van der Waals surface area contributed by atoms with E-state index in [4.69, 9.17) is 4.98 Å². The summed E-state index contributed by atoms with van der Waals surface area (Å²) in [4.78, 5) is 19.5. The third kappa shape index (κ3) is 3.24. The van der Waals surface area contributed by atoms with Crippen molar-refractivity contribution in [3.05, 3.63) is 52.0 Å². The van der Waals surface area contributed by atoms with Crippen molar-refractivity contribution in [2.45, 2.75) is 50.9 Å². The van der Waals surface area contributed by atoms with E-state index in [0.717, 1.165) is 37.4 Å². The molecular weight excluding hydrogens is 328 g/mol. The Hall–Kier alpha value is -1.68. The molecule has 1 aliphatic carbocycles. The Morgan fingerprint density at radius 2 is 1.96 bits per heavy atom. The number of aromatic nitrogens is 1. The van der Waals surface area contributed by atoms with E-state index in [-0.39, 0.29) is 5.41 Å². The van der Waals surface area contributed by atoms with Gasteiger partial charge in [-0.1, -0.05) is 36.8 Å². The van der Waals surface area contributed by atoms with Gasteiger partial charge in [0.1, 0.15) is 0 Å². The fourth-order valence-electron chi connectivity index (χ4n) is 4.24. The molecule has 2 aliphatic rings. The normalized spacial score (nSPS) is 20.3. The number of hydrogen-bond acceptors (Lipinski definition) is 3. The van der Waals surface area contributed by atoms with Crippen molar-refractivity contribution in [1.82, 2.24) is 9.88 Å². The van der Waals surface area contributed by atoms with Crippen molar-refractivity contribution >= 4 is 17.2 Å². The molecule has 1 amide bonds. The first kappa shape index (κ1) is 16.8. The number of amides is 1. The van der Waals surface area contributed by atoms with Crippen LogP contribution in [0.5, 0.6) is 0 Å². The minimum Gasteiger partial charge on any atom is -0.343 e. The van der Waals surface area contributed by atoms with Crippen molar-refractivity contribution < 1.29 is 4.79 Å². The van der Waals surface area contributed by atoms with Crippen LogP contribution in [0, 0.1) is 12.8 Å². The lowest BCUT2D eigenvalue weighted by molar-refractivity contribution is -0.134. The summed E-state index contributed by atoms with van der Waals surface area (Å²) in [5.74, 6) is 1.01. The SMILES string of the molecule is Cc1nc(C2(c3ccccc3)CCN(C(=O)CC3CCC3)CC2)cs1. The number of piperidine rings is 1. The first-order valence-corrected chi connectivity index (χ1v) is 10.3. The van der Waals surface area contributed by atoms with E-state index in [1.54, 1.807) is 11.3 Å². The Bertz CT molecular complexity index is 727. The minimum absolute atomic E-state index is 0.0424. The molecule has 1 aliphatic heterocycles. The van der Waals surface area contributed by atoms with Gasteiger partial charge in [0.25, 0.3) is 0 Å². The summed E-state index contributed by atoms with van der Waals surface area (Å²) in [7, 11) is 0. The smallest absolute Gasteiger partial charge is 0.222 e. The molecule has 1 saturated heterocycles. The second-order valence-corrected chi connectivity index (χ2v) is 8.64. The quantitative estimate of drug-likeness (QED) is 0.807. The van der Waals surface area contributed by atoms with E-state index >= 15 is 0 Å². The van der Waals surface area contributed by atoms with Crippen LogP contribution in [0.4, 0.5) is 0 Å². The van der Waals surface area contributed by atoms with Crippen LogP contribution >= 0.6 is 11.3 Å². The molecule has 0 spiro atoms. The highest BCUT2D eigenvalue weighted by atomic mass is 32.1. The molecule has 1 saturated carbocycles. The van der Waals surface area contributed by atoms with Gasteiger partial charge < -0.3 is 4.90 Å². The highest BCUT2D eigenvalue weighted by molar-refractivity contribution is 7.09. The van der Waals surface area contributed by atoms with E-state index in [1.165, 1.54) is 30.5 Å². The monoisotopic (exact) mass is 354 g/mol. The molecule has 2 heterocycles. The highest BCUT2D eigenvalue weighted by Gasteiger charge is 2.40. The standard InChI is InChI=1S/C21H26N2OS/c1-16-22-19(15-25-16)21(18-8-3-2-4-9-18)10-12-23(13-11-21)20(24)14-17-6-5-7-17/h2-4,8-9,15,17H,5-7,10-14H2,1H3. The Morgan fingerprint density at radius 3 is 2.52 bits per heavy atom. The summed E-state index contributed by atoms with van der Waals surface area (Å²) in [6.45, 7) is 3.76. The summed E-state index contributed by atoms with van der Waals surface area (Å²) < 4.78 is 0. The first-order chi connectivity index (χ1) is 12.2. The summed E-state index contributed by atoms with van der Waals surface area (Å²) in [6.07, 6.45) is 6.48. The largest absolute Gasteiger partial charge is 0.343 e. The Kier molecular flexibility index (Phi) is 4.63. The Morgan fingerprint density at radius 1 is 1.24 bits per heavy atom. The van der Waals surface area contributed by atoms with Gasteiger partial charge in [-0.15, -0.1) is 11.3 Å². The average Bonchev–Trinajstić information content (AvgIpc) is 3.06. The average molecular weight is 355 g/mol. The lowest BCUT2D eigenvalue weighted by Crippen LogP contribution is -2.46. The van der Waals surface area contributed by atoms with E-state index in [0.29, 0.717) is 11.8 Å². The van der Waals surface area contributed by atoms with Gasteiger partial charge in [-0.2, -0.15) is 0 Å². The zero-order chi connectivity index (χ0) is 17.3. The lowest BCUT2D eigenvalue weighted by Gasteiger charge is -2.42. The Labute approximate surface area is 154 Å². The maximum Gasteiger partial charge on any atom is 0.222 e. The number of benzene rings is 1. The molecule has 2 aromatic rings. The lowest BCUT2D eigenvalue weighted by atomic mass is 9.70. The number of carbonyl (C=O) groups is 1. The predicted octanol–water partition coefficient (Wildman–Crippen LogP) is 4.55. The molecule has 0 unspecified atom stereocenters. The van der Waals surface area contributed by atoms with Crippen molar-refractivity contribution in [2.75, 3.05) is 13.1 Å². The maximum atomic E-state index is 12.6. The molecule has 3 nitrogen and oxygen atoms in total. The van der Waals surface area contributed by atoms with Crippen molar-refractivity contribution in [1.29, 1.82) is 0 Å². The number of thiazole rings is 1. The van der Waals surface area contributed by atoms with E-state index in [2.05, 4.69) is 47.5 Å². The van der Waals surface area contributed by atoms with Crippen molar-refractivity contribution in [2.24, 2.45) is 5.92 Å². The molecule has 0 N–H and O–H groups in total. The zero-order valence-corrected chi connectivity index (χ0v) is 15.7. The van der Waals surface area contributed by atoms with Gasteiger partial charge in [0.2, 0.25) is 5.91 Å². The summed E-state index contributed by atoms with van der Waals surface area (Å²) in [5.41, 5.74) is 2.48. The molecule has 0 atom stereocenters. The Balaban J connectivity index is 1.54. The van der Waals surface area contributed by atoms with Crippen LogP contribution < -0.4 is 0 Å². The van der Waals surface area contributed by atoms with Gasteiger partial charge in [0.15, 0.2) is 0 Å². The summed E-state index contributed by atoms with van der Waals surface area (Å²) >= 11 is 1.73. The van der Waals surface area contributed by atoms with Gasteiger partial charge in [-0.25, -0.2) is 4.98 Å². The fraction of sp³-hybridized carbons (Fsp3) is 0.524. The van der Waals surface area contributed by atoms with E-state index in [1.807, 2.05) is 0 Å². The molecule has 0 radical (unpaired) electrons. The highest BCUT2D eigenvalue weighted by Crippen LogP contribution is 2.42. The molecule has 4 rings (SSSR count). The molecule has 0 bridgehead atoms. The molecule has 132 valence electrons. The summed E-state index contributed by atoms with van der Waals surface area (Å²) in [6, 6.07) is 10.7. The van der Waals surface area contributed by atoms with Crippen molar-refractivity contribution in [3.8, 4) is 0 Å². The molecule has 4 heteroatoms. The molecule has 25 heavy (non-hydrogen) atoms. The van der Waals surface area contributed by atoms with Gasteiger partial charge in [-0.05, 0) is 44.1 Å². The third-order valence-electron chi connectivity index (χ3n) is 6.09. The topological polar surface area (TPSA) is 33.2 Å². The summed E-state index contributed by atoms with van der Waals surface area (Å²) in [5, 5.41) is 3.34. The first-order valence-electron chi connectivity index (χ1n) is 9.43. The van der Waals surface area contributed by atoms with Gasteiger partial charge >= 0.3 is 0 Å². The second-order valence-electron chi connectivity index (χ2n) is 7.58. The van der Waals surface area contributed by atoms with Gasteiger partial charge in [0.05, 0.1) is 10.7 Å². The second kappa shape index (κ2) is 6.91.